The van der Waals surface area contributed by atoms with Crippen molar-refractivity contribution in [2.45, 2.75) is 97.0 Å². The standard InChI is InChI=1S/C32H44BO3.C13H16N/c1-5-6-7-8-9-10-23-33(24-27-11-17-30(34-2)18-12-27,25-28-13-19-31(35-3)20-14-28)26-29-15-21-32(36-4)22-16-29;1-2-3-10-14-11-6-8-12-7-4-5-9-13(12)14/h11-22H,5-10,23-26H2,1-4H3;4-9,11H,2-3,10H2,1H3/q-1;+1. The first-order chi connectivity index (χ1) is 24.5. The van der Waals surface area contributed by atoms with Crippen LogP contribution < -0.4 is 18.8 Å². The molecule has 4 nitrogen and oxygen atoms in total. The lowest BCUT2D eigenvalue weighted by Crippen LogP contribution is -2.43. The number of benzene rings is 4. The molecule has 0 aliphatic rings. The second-order valence-electron chi connectivity index (χ2n) is 14.1. The zero-order valence-electron chi connectivity index (χ0n) is 31.4. The number of ether oxygens (including phenoxy) is 3. The highest BCUT2D eigenvalue weighted by Crippen LogP contribution is 2.30. The maximum Gasteiger partial charge on any atom is 0.212 e. The van der Waals surface area contributed by atoms with Gasteiger partial charge in [-0.15, -0.1) is 0 Å². The van der Waals surface area contributed by atoms with E-state index in [0.29, 0.717) is 0 Å². The van der Waals surface area contributed by atoms with Gasteiger partial charge >= 0.3 is 0 Å². The van der Waals surface area contributed by atoms with E-state index >= 15 is 0 Å². The van der Waals surface area contributed by atoms with Crippen LogP contribution in [0.1, 0.15) is 81.9 Å². The normalized spacial score (nSPS) is 11.1. The molecule has 4 aromatic carbocycles. The van der Waals surface area contributed by atoms with Gasteiger partial charge in [-0.1, -0.05) is 124 Å². The fourth-order valence-corrected chi connectivity index (χ4v) is 7.41. The Morgan fingerprint density at radius 3 is 1.40 bits per heavy atom. The number of hydrogen-bond acceptors (Lipinski definition) is 3. The molecule has 0 atom stereocenters. The topological polar surface area (TPSA) is 31.6 Å². The smallest absolute Gasteiger partial charge is 0.212 e. The monoisotopic (exact) mass is 673 g/mol. The molecule has 5 aromatic rings. The highest BCUT2D eigenvalue weighted by Gasteiger charge is 2.26. The molecule has 0 N–H and O–H groups in total. The molecule has 0 amide bonds. The van der Waals surface area contributed by atoms with Crippen molar-refractivity contribution in [2.24, 2.45) is 0 Å². The van der Waals surface area contributed by atoms with Gasteiger partial charge in [-0.3, -0.25) is 0 Å². The molecule has 1 aromatic heterocycles. The molecule has 0 aliphatic heterocycles. The summed E-state index contributed by atoms with van der Waals surface area (Å²) in [5, 5.41) is 1.33. The van der Waals surface area contributed by atoms with E-state index in [1.54, 1.807) is 21.3 Å². The number of nitrogens with zero attached hydrogens (tertiary/aromatic N) is 1. The van der Waals surface area contributed by atoms with Gasteiger partial charge in [-0.05, 0) is 48.5 Å². The van der Waals surface area contributed by atoms with Crippen molar-refractivity contribution >= 4 is 17.0 Å². The molecule has 0 aliphatic carbocycles. The number of aromatic nitrogens is 1. The summed E-state index contributed by atoms with van der Waals surface area (Å²) < 4.78 is 18.6. The number of fused-ring (bicyclic) bond motifs is 1. The Balaban J connectivity index is 0.000000332. The molecular formula is C45H60BNO3. The van der Waals surface area contributed by atoms with E-state index in [2.05, 4.69) is 134 Å². The number of unbranched alkanes of at least 4 members (excludes halogenated alkanes) is 6. The zero-order valence-corrected chi connectivity index (χ0v) is 31.4. The summed E-state index contributed by atoms with van der Waals surface area (Å²) in [5.74, 6) is 2.74. The molecule has 5 heteroatoms. The van der Waals surface area contributed by atoms with Crippen molar-refractivity contribution in [2.75, 3.05) is 21.3 Å². The first-order valence-electron chi connectivity index (χ1n) is 19.0. The molecule has 0 bridgehead atoms. The van der Waals surface area contributed by atoms with Crippen molar-refractivity contribution in [1.82, 2.24) is 0 Å². The second-order valence-corrected chi connectivity index (χ2v) is 14.1. The average Bonchev–Trinajstić information content (AvgIpc) is 3.16. The molecule has 50 heavy (non-hydrogen) atoms. The summed E-state index contributed by atoms with van der Waals surface area (Å²) in [7, 11) is 5.19. The maximum absolute atomic E-state index is 5.43. The number of pyridine rings is 1. The number of hydrogen-bond donors (Lipinski definition) is 0. The lowest BCUT2D eigenvalue weighted by atomic mass is 9.16. The van der Waals surface area contributed by atoms with Crippen LogP contribution in [0.3, 0.4) is 0 Å². The van der Waals surface area contributed by atoms with E-state index < -0.39 is 6.15 Å². The van der Waals surface area contributed by atoms with E-state index in [9.17, 15) is 0 Å². The second kappa shape index (κ2) is 21.1. The highest BCUT2D eigenvalue weighted by atomic mass is 16.5. The summed E-state index contributed by atoms with van der Waals surface area (Å²) in [6, 6.07) is 38.9. The fourth-order valence-electron chi connectivity index (χ4n) is 7.41. The van der Waals surface area contributed by atoms with Crippen LogP contribution in [0.2, 0.25) is 6.32 Å². The Labute approximate surface area is 302 Å². The van der Waals surface area contributed by atoms with Gasteiger partial charge in [0.2, 0.25) is 5.52 Å². The van der Waals surface area contributed by atoms with E-state index in [1.165, 1.54) is 85.3 Å². The first kappa shape index (κ1) is 38.6. The van der Waals surface area contributed by atoms with E-state index in [4.69, 9.17) is 14.2 Å². The zero-order chi connectivity index (χ0) is 35.4. The minimum atomic E-state index is -0.744. The molecule has 0 radical (unpaired) electrons. The molecule has 1 heterocycles. The third-order valence-corrected chi connectivity index (χ3v) is 10.2. The van der Waals surface area contributed by atoms with Crippen molar-refractivity contribution < 1.29 is 18.8 Å². The first-order valence-corrected chi connectivity index (χ1v) is 19.0. The molecule has 5 rings (SSSR count). The SMILES string of the molecule is CCCCCCCC[B-](Cc1ccc(OC)cc1)(Cc1ccc(OC)cc1)Cc1ccc(OC)cc1.CCCC[n+]1cccc2ccccc21. The predicted octanol–water partition coefficient (Wildman–Crippen LogP) is 11.1. The van der Waals surface area contributed by atoms with Gasteiger partial charge < -0.3 is 14.2 Å². The van der Waals surface area contributed by atoms with Crippen LogP contribution >= 0.6 is 0 Å². The maximum atomic E-state index is 5.43. The third-order valence-electron chi connectivity index (χ3n) is 10.2. The van der Waals surface area contributed by atoms with Crippen molar-refractivity contribution in [3.8, 4) is 17.2 Å². The number of rotatable bonds is 19. The summed E-state index contributed by atoms with van der Waals surface area (Å²) in [6.45, 7) is 5.64. The Hall–Kier alpha value is -4.25. The van der Waals surface area contributed by atoms with Crippen LogP contribution in [-0.2, 0) is 25.5 Å². The van der Waals surface area contributed by atoms with Gasteiger partial charge in [0, 0.05) is 30.1 Å². The van der Waals surface area contributed by atoms with Crippen LogP contribution in [0.5, 0.6) is 17.2 Å². The van der Waals surface area contributed by atoms with Crippen LogP contribution in [0.25, 0.3) is 10.9 Å². The molecule has 0 unspecified atom stereocenters. The van der Waals surface area contributed by atoms with Gasteiger partial charge in [0.15, 0.2) is 6.20 Å². The van der Waals surface area contributed by atoms with E-state index in [0.717, 1.165) is 42.8 Å². The lowest BCUT2D eigenvalue weighted by molar-refractivity contribution is -0.671. The lowest BCUT2D eigenvalue weighted by Gasteiger charge is -2.41. The molecular weight excluding hydrogens is 613 g/mol. The third kappa shape index (κ3) is 12.3. The number of methoxy groups -OCH3 is 3. The molecule has 266 valence electrons. The summed E-state index contributed by atoms with van der Waals surface area (Å²) >= 11 is 0. The van der Waals surface area contributed by atoms with Crippen molar-refractivity contribution in [3.63, 3.8) is 0 Å². The largest absolute Gasteiger partial charge is 0.497 e. The minimum Gasteiger partial charge on any atom is -0.497 e. The molecule has 0 fully saturated rings. The van der Waals surface area contributed by atoms with Crippen molar-refractivity contribution in [3.05, 3.63) is 132 Å². The van der Waals surface area contributed by atoms with Crippen LogP contribution in [0.15, 0.2) is 115 Å². The Bertz CT molecular complexity index is 1530. The molecule has 0 saturated carbocycles. The van der Waals surface area contributed by atoms with Gasteiger partial charge in [-0.25, -0.2) is 0 Å². The summed E-state index contributed by atoms with van der Waals surface area (Å²) in [4.78, 5) is 0. The summed E-state index contributed by atoms with van der Waals surface area (Å²) in [5.41, 5.74) is 5.51. The van der Waals surface area contributed by atoms with Gasteiger partial charge in [0.25, 0.3) is 0 Å². The summed E-state index contributed by atoms with van der Waals surface area (Å²) in [6.07, 6.45) is 16.4. The van der Waals surface area contributed by atoms with Gasteiger partial charge in [0.05, 0.1) is 21.3 Å². The number of aryl methyl sites for hydroxylation is 1. The molecule has 0 spiro atoms. The number of para-hydroxylation sites is 1. The quantitative estimate of drug-likeness (QED) is 0.0497. The van der Waals surface area contributed by atoms with Crippen LogP contribution in [0.4, 0.5) is 0 Å². The molecule has 0 saturated heterocycles. The Morgan fingerprint density at radius 1 is 0.480 bits per heavy atom. The Kier molecular flexibility index (Phi) is 16.3. The van der Waals surface area contributed by atoms with Crippen molar-refractivity contribution in [1.29, 1.82) is 0 Å². The fraction of sp³-hybridized carbons (Fsp3) is 0.400. The van der Waals surface area contributed by atoms with E-state index in [1.807, 2.05) is 0 Å². The average molecular weight is 674 g/mol. The van der Waals surface area contributed by atoms with Gasteiger partial charge in [-0.2, -0.15) is 29.8 Å². The van der Waals surface area contributed by atoms with Crippen LogP contribution in [-0.4, -0.2) is 27.5 Å². The minimum absolute atomic E-state index is 0.744. The predicted molar refractivity (Wildman–Crippen MR) is 213 cm³/mol. The van der Waals surface area contributed by atoms with Gasteiger partial charge in [0.1, 0.15) is 23.8 Å². The van der Waals surface area contributed by atoms with E-state index in [-0.39, 0.29) is 0 Å². The Morgan fingerprint density at radius 2 is 0.920 bits per heavy atom. The van der Waals surface area contributed by atoms with Crippen LogP contribution in [0, 0.1) is 0 Å². The highest BCUT2D eigenvalue weighted by molar-refractivity contribution is 6.78.